The predicted octanol–water partition coefficient (Wildman–Crippen LogP) is 3.71. The maximum absolute atomic E-state index is 11.7. The number of fused-ring (bicyclic) bond motifs is 1. The first kappa shape index (κ1) is 21.9. The van der Waals surface area contributed by atoms with Gasteiger partial charge in [0.2, 0.25) is 5.91 Å². The number of anilines is 2. The van der Waals surface area contributed by atoms with Crippen LogP contribution in [0.4, 0.5) is 11.4 Å². The van der Waals surface area contributed by atoms with E-state index in [9.17, 15) is 4.79 Å². The van der Waals surface area contributed by atoms with E-state index in [2.05, 4.69) is 34.7 Å². The summed E-state index contributed by atoms with van der Waals surface area (Å²) in [6.45, 7) is 3.43. The molecule has 168 valence electrons. The van der Waals surface area contributed by atoms with Crippen LogP contribution in [0.1, 0.15) is 30.9 Å². The molecule has 0 aliphatic heterocycles. The fraction of sp³-hybridized carbons (Fsp3) is 0.360. The minimum absolute atomic E-state index is 0.0896. The molecule has 32 heavy (non-hydrogen) atoms. The number of carbonyl (C=O) groups is 1. The maximum atomic E-state index is 11.7. The van der Waals surface area contributed by atoms with Gasteiger partial charge in [-0.2, -0.15) is 0 Å². The van der Waals surface area contributed by atoms with Crippen LogP contribution >= 0.6 is 0 Å². The Labute approximate surface area is 188 Å². The molecule has 0 atom stereocenters. The molecule has 1 saturated carbocycles. The van der Waals surface area contributed by atoms with E-state index in [4.69, 9.17) is 15.2 Å². The number of nitrogens with one attached hydrogen (secondary N) is 2. The van der Waals surface area contributed by atoms with Crippen LogP contribution in [0.3, 0.4) is 0 Å². The van der Waals surface area contributed by atoms with Crippen molar-refractivity contribution in [2.24, 2.45) is 5.73 Å². The molecule has 0 radical (unpaired) electrons. The number of aryl methyl sites for hydroxylation is 1. The third kappa shape index (κ3) is 5.29. The van der Waals surface area contributed by atoms with E-state index >= 15 is 0 Å². The third-order valence-electron chi connectivity index (χ3n) is 5.57. The van der Waals surface area contributed by atoms with Crippen molar-refractivity contribution in [2.45, 2.75) is 38.6 Å². The molecule has 1 aliphatic rings. The fourth-order valence-corrected chi connectivity index (χ4v) is 3.71. The highest BCUT2D eigenvalue weighted by molar-refractivity contribution is 5.98. The molecular formula is C25H30N4O3. The minimum atomic E-state index is -0.410. The van der Waals surface area contributed by atoms with E-state index in [-0.39, 0.29) is 6.42 Å². The van der Waals surface area contributed by atoms with Crippen molar-refractivity contribution in [2.75, 3.05) is 25.6 Å². The summed E-state index contributed by atoms with van der Waals surface area (Å²) < 4.78 is 11.6. The first-order chi connectivity index (χ1) is 15.6. The van der Waals surface area contributed by atoms with Gasteiger partial charge in [-0.25, -0.2) is 0 Å². The van der Waals surface area contributed by atoms with Crippen molar-refractivity contribution in [3.05, 3.63) is 53.7 Å². The average Bonchev–Trinajstić information content (AvgIpc) is 3.62. The Morgan fingerprint density at radius 1 is 1.22 bits per heavy atom. The molecular weight excluding hydrogens is 404 g/mol. The zero-order valence-corrected chi connectivity index (χ0v) is 18.6. The molecule has 4 rings (SSSR count). The van der Waals surface area contributed by atoms with Crippen molar-refractivity contribution in [3.8, 4) is 11.5 Å². The number of hydrogen-bond donors (Lipinski definition) is 3. The number of nitrogens with zero attached hydrogens (tertiary/aromatic N) is 1. The first-order valence-electron chi connectivity index (χ1n) is 11.1. The largest absolute Gasteiger partial charge is 0.493 e. The number of nitrogens with two attached hydrogens (primary N) is 1. The second-order valence-electron chi connectivity index (χ2n) is 8.08. The Kier molecular flexibility index (Phi) is 6.75. The SMILES string of the molecule is CCc1cccc(Nc2c(CC(N)=O)cnc3cc(OC)c(OCCNC4CC4)cc23)c1. The minimum Gasteiger partial charge on any atom is -0.493 e. The molecule has 1 aromatic heterocycles. The van der Waals surface area contributed by atoms with Gasteiger partial charge < -0.3 is 25.8 Å². The van der Waals surface area contributed by atoms with Crippen molar-refractivity contribution < 1.29 is 14.3 Å². The Morgan fingerprint density at radius 2 is 2.06 bits per heavy atom. The lowest BCUT2D eigenvalue weighted by Gasteiger charge is -2.17. The molecule has 7 heteroatoms. The van der Waals surface area contributed by atoms with Crippen LogP contribution in [0, 0.1) is 0 Å². The summed E-state index contributed by atoms with van der Waals surface area (Å²) in [6, 6.07) is 12.6. The summed E-state index contributed by atoms with van der Waals surface area (Å²) in [5.74, 6) is 0.853. The summed E-state index contributed by atoms with van der Waals surface area (Å²) in [7, 11) is 1.62. The van der Waals surface area contributed by atoms with Gasteiger partial charge in [0.15, 0.2) is 11.5 Å². The molecule has 3 aromatic rings. The summed E-state index contributed by atoms with van der Waals surface area (Å²) in [5.41, 5.74) is 9.95. The van der Waals surface area contributed by atoms with Gasteiger partial charge in [-0.1, -0.05) is 19.1 Å². The molecule has 0 bridgehead atoms. The number of hydrogen-bond acceptors (Lipinski definition) is 6. The van der Waals surface area contributed by atoms with Gasteiger partial charge in [0.05, 0.1) is 24.7 Å². The highest BCUT2D eigenvalue weighted by Crippen LogP contribution is 2.37. The van der Waals surface area contributed by atoms with Gasteiger partial charge in [0.1, 0.15) is 6.61 Å². The predicted molar refractivity (Wildman–Crippen MR) is 127 cm³/mol. The molecule has 1 aliphatic carbocycles. The quantitative estimate of drug-likeness (QED) is 0.398. The lowest BCUT2D eigenvalue weighted by molar-refractivity contribution is -0.117. The van der Waals surface area contributed by atoms with Crippen molar-refractivity contribution >= 4 is 28.2 Å². The number of aromatic nitrogens is 1. The van der Waals surface area contributed by atoms with E-state index in [0.29, 0.717) is 24.1 Å². The zero-order valence-electron chi connectivity index (χ0n) is 18.6. The Bertz CT molecular complexity index is 1110. The highest BCUT2D eigenvalue weighted by atomic mass is 16.5. The van der Waals surface area contributed by atoms with E-state index in [1.165, 1.54) is 18.4 Å². The number of rotatable bonds is 11. The van der Waals surface area contributed by atoms with Crippen LogP contribution in [0.5, 0.6) is 11.5 Å². The second-order valence-corrected chi connectivity index (χ2v) is 8.08. The van der Waals surface area contributed by atoms with Crippen LogP contribution in [0.15, 0.2) is 42.6 Å². The number of ether oxygens (including phenoxy) is 2. The normalized spacial score (nSPS) is 13.2. The Morgan fingerprint density at radius 3 is 2.78 bits per heavy atom. The summed E-state index contributed by atoms with van der Waals surface area (Å²) in [5, 5.41) is 7.78. The zero-order chi connectivity index (χ0) is 22.5. The molecule has 0 saturated heterocycles. The average molecular weight is 435 g/mol. The van der Waals surface area contributed by atoms with Crippen molar-refractivity contribution in [1.82, 2.24) is 10.3 Å². The number of pyridine rings is 1. The van der Waals surface area contributed by atoms with Crippen LogP contribution in [0.2, 0.25) is 0 Å². The number of carbonyl (C=O) groups excluding carboxylic acids is 1. The number of benzene rings is 2. The van der Waals surface area contributed by atoms with Gasteiger partial charge in [0, 0.05) is 41.5 Å². The highest BCUT2D eigenvalue weighted by Gasteiger charge is 2.20. The van der Waals surface area contributed by atoms with Gasteiger partial charge in [-0.05, 0) is 43.0 Å². The van der Waals surface area contributed by atoms with Gasteiger partial charge in [-0.3, -0.25) is 9.78 Å². The van der Waals surface area contributed by atoms with Crippen molar-refractivity contribution in [3.63, 3.8) is 0 Å². The smallest absolute Gasteiger partial charge is 0.221 e. The number of primary amides is 1. The first-order valence-corrected chi connectivity index (χ1v) is 11.1. The van der Waals surface area contributed by atoms with Gasteiger partial charge in [-0.15, -0.1) is 0 Å². The van der Waals surface area contributed by atoms with Gasteiger partial charge >= 0.3 is 0 Å². The molecule has 0 unspecified atom stereocenters. The van der Waals surface area contributed by atoms with Crippen LogP contribution in [0.25, 0.3) is 10.9 Å². The lowest BCUT2D eigenvalue weighted by atomic mass is 10.0. The van der Waals surface area contributed by atoms with E-state index < -0.39 is 5.91 Å². The number of methoxy groups -OCH3 is 1. The molecule has 7 nitrogen and oxygen atoms in total. The van der Waals surface area contributed by atoms with Crippen LogP contribution in [-0.4, -0.2) is 37.2 Å². The summed E-state index contributed by atoms with van der Waals surface area (Å²) in [4.78, 5) is 16.3. The fourth-order valence-electron chi connectivity index (χ4n) is 3.71. The second kappa shape index (κ2) is 9.87. The molecule has 2 aromatic carbocycles. The van der Waals surface area contributed by atoms with Crippen LogP contribution < -0.4 is 25.8 Å². The Balaban J connectivity index is 1.72. The Hall–Kier alpha value is -3.32. The third-order valence-corrected chi connectivity index (χ3v) is 5.57. The van der Waals surface area contributed by atoms with E-state index in [1.54, 1.807) is 13.3 Å². The monoisotopic (exact) mass is 434 g/mol. The maximum Gasteiger partial charge on any atom is 0.221 e. The standard InChI is InChI=1S/C25H30N4O3/c1-3-16-5-4-6-19(11-16)29-25-17(12-24(26)30)15-28-21-14-22(31-2)23(13-20(21)25)32-10-9-27-18-7-8-18/h4-6,11,13-15,18,27H,3,7-10,12H2,1-2H3,(H2,26,30)(H,28,29). The number of amides is 1. The molecule has 1 amide bonds. The summed E-state index contributed by atoms with van der Waals surface area (Å²) >= 11 is 0. The van der Waals surface area contributed by atoms with E-state index in [0.717, 1.165) is 40.8 Å². The van der Waals surface area contributed by atoms with Gasteiger partial charge in [0.25, 0.3) is 0 Å². The molecule has 1 heterocycles. The van der Waals surface area contributed by atoms with E-state index in [1.807, 2.05) is 24.3 Å². The van der Waals surface area contributed by atoms with Crippen LogP contribution in [-0.2, 0) is 17.6 Å². The molecule has 0 spiro atoms. The van der Waals surface area contributed by atoms with Crippen molar-refractivity contribution in [1.29, 1.82) is 0 Å². The lowest BCUT2D eigenvalue weighted by Crippen LogP contribution is -2.22. The molecule has 4 N–H and O–H groups in total. The summed E-state index contributed by atoms with van der Waals surface area (Å²) in [6.07, 6.45) is 5.19. The molecule has 1 fully saturated rings. The topological polar surface area (TPSA) is 98.5 Å².